The molecule has 0 aromatic carbocycles. The predicted molar refractivity (Wildman–Crippen MR) is 63.6 cm³/mol. The van der Waals surface area contributed by atoms with Crippen LogP contribution in [-0.2, 0) is 10.0 Å². The van der Waals surface area contributed by atoms with Crippen LogP contribution in [0.2, 0.25) is 0 Å². The van der Waals surface area contributed by atoms with E-state index in [2.05, 4.69) is 4.72 Å². The Hall–Kier alpha value is 0.200. The molecule has 1 aliphatic rings. The summed E-state index contributed by atoms with van der Waals surface area (Å²) in [6, 6.07) is 0. The van der Waals surface area contributed by atoms with Crippen molar-refractivity contribution in [2.75, 3.05) is 12.3 Å². The molecule has 0 heterocycles. The van der Waals surface area contributed by atoms with E-state index in [0.717, 1.165) is 19.3 Å². The van der Waals surface area contributed by atoms with Gasteiger partial charge in [-0.15, -0.1) is 11.6 Å². The summed E-state index contributed by atoms with van der Waals surface area (Å²) in [4.78, 5) is 0. The zero-order chi connectivity index (χ0) is 11.5. The van der Waals surface area contributed by atoms with E-state index in [1.165, 1.54) is 0 Å². The van der Waals surface area contributed by atoms with Crippen molar-refractivity contribution in [3.63, 3.8) is 0 Å². The SMILES string of the molecule is CC(C)CS(=O)(=O)NCC1CCCC1Cl. The predicted octanol–water partition coefficient (Wildman–Crippen LogP) is 1.97. The van der Waals surface area contributed by atoms with Crippen molar-refractivity contribution in [1.29, 1.82) is 0 Å². The minimum Gasteiger partial charge on any atom is -0.215 e. The first-order valence-corrected chi connectivity index (χ1v) is 7.61. The molecule has 1 fully saturated rings. The van der Waals surface area contributed by atoms with Crippen LogP contribution in [0.1, 0.15) is 33.1 Å². The number of sulfonamides is 1. The lowest BCUT2D eigenvalue weighted by atomic mass is 10.1. The molecule has 1 rings (SSSR count). The second-order valence-corrected chi connectivity index (χ2v) is 7.14. The van der Waals surface area contributed by atoms with Crippen LogP contribution in [0.25, 0.3) is 0 Å². The number of alkyl halides is 1. The molecule has 0 radical (unpaired) electrons. The number of rotatable bonds is 5. The Kier molecular flexibility index (Phi) is 4.87. The number of hydrogen-bond donors (Lipinski definition) is 1. The normalized spacial score (nSPS) is 27.5. The summed E-state index contributed by atoms with van der Waals surface area (Å²) in [6.45, 7) is 4.31. The standard InChI is InChI=1S/C10H20ClNO2S/c1-8(2)7-15(13,14)12-6-9-4-3-5-10(9)11/h8-10,12H,3-7H2,1-2H3. The largest absolute Gasteiger partial charge is 0.215 e. The van der Waals surface area contributed by atoms with Gasteiger partial charge in [0.2, 0.25) is 10.0 Å². The molecule has 0 aromatic rings. The van der Waals surface area contributed by atoms with Crippen molar-refractivity contribution in [3.05, 3.63) is 0 Å². The van der Waals surface area contributed by atoms with Gasteiger partial charge in [-0.25, -0.2) is 13.1 Å². The third-order valence-corrected chi connectivity index (χ3v) is 4.97. The van der Waals surface area contributed by atoms with Crippen LogP contribution in [0, 0.1) is 11.8 Å². The molecule has 5 heteroatoms. The highest BCUT2D eigenvalue weighted by Gasteiger charge is 2.26. The Morgan fingerprint density at radius 3 is 2.53 bits per heavy atom. The lowest BCUT2D eigenvalue weighted by Crippen LogP contribution is -2.34. The highest BCUT2D eigenvalue weighted by atomic mass is 35.5. The summed E-state index contributed by atoms with van der Waals surface area (Å²) >= 11 is 6.08. The molecule has 0 spiro atoms. The Morgan fingerprint density at radius 1 is 1.40 bits per heavy atom. The van der Waals surface area contributed by atoms with Crippen molar-refractivity contribution in [2.24, 2.45) is 11.8 Å². The van der Waals surface area contributed by atoms with Gasteiger partial charge in [0.15, 0.2) is 0 Å². The summed E-state index contributed by atoms with van der Waals surface area (Å²) in [7, 11) is -3.10. The zero-order valence-electron chi connectivity index (χ0n) is 9.37. The lowest BCUT2D eigenvalue weighted by molar-refractivity contribution is 0.519. The third-order valence-electron chi connectivity index (χ3n) is 2.68. The minimum atomic E-state index is -3.10. The Labute approximate surface area is 97.6 Å². The zero-order valence-corrected chi connectivity index (χ0v) is 10.9. The smallest absolute Gasteiger partial charge is 0.211 e. The molecule has 0 aromatic heterocycles. The van der Waals surface area contributed by atoms with Crippen molar-refractivity contribution in [3.8, 4) is 0 Å². The van der Waals surface area contributed by atoms with Gasteiger partial charge in [0.05, 0.1) is 5.75 Å². The molecule has 2 atom stereocenters. The molecule has 1 saturated carbocycles. The maximum atomic E-state index is 11.6. The summed E-state index contributed by atoms with van der Waals surface area (Å²) in [5, 5.41) is 0.145. The van der Waals surface area contributed by atoms with E-state index in [4.69, 9.17) is 11.6 Å². The van der Waals surface area contributed by atoms with E-state index in [9.17, 15) is 8.42 Å². The first-order valence-electron chi connectivity index (χ1n) is 5.52. The molecule has 1 aliphatic carbocycles. The van der Waals surface area contributed by atoms with Crippen molar-refractivity contribution >= 4 is 21.6 Å². The fraction of sp³-hybridized carbons (Fsp3) is 1.00. The van der Waals surface area contributed by atoms with Gasteiger partial charge in [0.1, 0.15) is 0 Å². The molecular weight excluding hydrogens is 234 g/mol. The number of hydrogen-bond acceptors (Lipinski definition) is 2. The highest BCUT2D eigenvalue weighted by Crippen LogP contribution is 2.29. The average molecular weight is 254 g/mol. The average Bonchev–Trinajstić information content (AvgIpc) is 2.45. The summed E-state index contributed by atoms with van der Waals surface area (Å²) in [5.41, 5.74) is 0. The molecule has 0 bridgehead atoms. The first-order chi connectivity index (χ1) is 6.91. The molecule has 0 aliphatic heterocycles. The van der Waals surface area contributed by atoms with Gasteiger partial charge >= 0.3 is 0 Å². The summed E-state index contributed by atoms with van der Waals surface area (Å²) < 4.78 is 25.8. The molecule has 0 saturated heterocycles. The van der Waals surface area contributed by atoms with Crippen LogP contribution in [-0.4, -0.2) is 26.1 Å². The minimum absolute atomic E-state index is 0.145. The molecule has 90 valence electrons. The number of nitrogens with one attached hydrogen (secondary N) is 1. The first kappa shape index (κ1) is 13.3. The maximum absolute atomic E-state index is 11.6. The second kappa shape index (κ2) is 5.51. The fourth-order valence-electron chi connectivity index (χ4n) is 1.95. The second-order valence-electron chi connectivity index (χ2n) is 4.73. The van der Waals surface area contributed by atoms with Crippen LogP contribution < -0.4 is 4.72 Å². The Morgan fingerprint density at radius 2 is 2.07 bits per heavy atom. The fourth-order valence-corrected chi connectivity index (χ4v) is 3.79. The molecule has 0 amide bonds. The van der Waals surface area contributed by atoms with E-state index in [0.29, 0.717) is 12.5 Å². The van der Waals surface area contributed by atoms with Gasteiger partial charge in [-0.2, -0.15) is 0 Å². The summed E-state index contributed by atoms with van der Waals surface area (Å²) in [5.74, 6) is 0.679. The third kappa shape index (κ3) is 4.70. The van der Waals surface area contributed by atoms with Crippen molar-refractivity contribution < 1.29 is 8.42 Å². The van der Waals surface area contributed by atoms with Gasteiger partial charge in [0.25, 0.3) is 0 Å². The van der Waals surface area contributed by atoms with Gasteiger partial charge in [0, 0.05) is 11.9 Å². The van der Waals surface area contributed by atoms with Crippen molar-refractivity contribution in [1.82, 2.24) is 4.72 Å². The molecule has 3 nitrogen and oxygen atoms in total. The molecule has 15 heavy (non-hydrogen) atoms. The molecular formula is C10H20ClNO2S. The van der Waals surface area contributed by atoms with E-state index < -0.39 is 10.0 Å². The van der Waals surface area contributed by atoms with Crippen LogP contribution in [0.15, 0.2) is 0 Å². The topological polar surface area (TPSA) is 46.2 Å². The van der Waals surface area contributed by atoms with Crippen molar-refractivity contribution in [2.45, 2.75) is 38.5 Å². The molecule has 2 unspecified atom stereocenters. The van der Waals surface area contributed by atoms with E-state index in [1.54, 1.807) is 0 Å². The van der Waals surface area contributed by atoms with Crippen LogP contribution in [0.3, 0.4) is 0 Å². The van der Waals surface area contributed by atoms with Crippen LogP contribution in [0.5, 0.6) is 0 Å². The van der Waals surface area contributed by atoms with E-state index >= 15 is 0 Å². The van der Waals surface area contributed by atoms with Gasteiger partial charge < -0.3 is 0 Å². The maximum Gasteiger partial charge on any atom is 0.211 e. The van der Waals surface area contributed by atoms with Gasteiger partial charge in [-0.3, -0.25) is 0 Å². The highest BCUT2D eigenvalue weighted by molar-refractivity contribution is 7.89. The van der Waals surface area contributed by atoms with Crippen LogP contribution >= 0.6 is 11.6 Å². The quantitative estimate of drug-likeness (QED) is 0.762. The monoisotopic (exact) mass is 253 g/mol. The molecule has 1 N–H and O–H groups in total. The van der Waals surface area contributed by atoms with E-state index in [1.807, 2.05) is 13.8 Å². The lowest BCUT2D eigenvalue weighted by Gasteiger charge is -2.15. The van der Waals surface area contributed by atoms with Crippen LogP contribution in [0.4, 0.5) is 0 Å². The number of halogens is 1. The summed E-state index contributed by atoms with van der Waals surface area (Å²) in [6.07, 6.45) is 3.17. The van der Waals surface area contributed by atoms with E-state index in [-0.39, 0.29) is 17.0 Å². The Bertz CT molecular complexity index is 290. The van der Waals surface area contributed by atoms with Gasteiger partial charge in [-0.1, -0.05) is 20.3 Å². The Balaban J connectivity index is 2.35. The van der Waals surface area contributed by atoms with Gasteiger partial charge in [-0.05, 0) is 24.7 Å².